The fourth-order valence-corrected chi connectivity index (χ4v) is 4.21. The minimum atomic E-state index is -3.17. The largest absolute Gasteiger partial charge is 0.395 e. The Balaban J connectivity index is 2.51. The summed E-state index contributed by atoms with van der Waals surface area (Å²) in [5, 5.41) is 12.1. The number of carbonyl (C=O) groups excluding carboxylic acids is 1. The minimum absolute atomic E-state index is 0.00554. The molecule has 0 amide bonds. The molecule has 0 saturated carbocycles. The topological polar surface area (TPSA) is 84.9 Å². The maximum absolute atomic E-state index is 13.0. The first-order chi connectivity index (χ1) is 12.3. The number of ether oxygens (including phenoxy) is 1. The van der Waals surface area contributed by atoms with Crippen LogP contribution in [0.25, 0.3) is 0 Å². The van der Waals surface area contributed by atoms with Crippen LogP contribution in [-0.2, 0) is 25.2 Å². The third-order valence-electron chi connectivity index (χ3n) is 3.54. The van der Waals surface area contributed by atoms with E-state index < -0.39 is 12.9 Å². The van der Waals surface area contributed by atoms with Gasteiger partial charge >= 0.3 is 0 Å². The Bertz CT molecular complexity index is 582. The molecule has 1 unspecified atom stereocenters. The van der Waals surface area contributed by atoms with Crippen molar-refractivity contribution in [2.45, 2.75) is 33.7 Å². The molecule has 26 heavy (non-hydrogen) atoms. The van der Waals surface area contributed by atoms with Gasteiger partial charge < -0.3 is 14.4 Å². The van der Waals surface area contributed by atoms with E-state index in [0.717, 1.165) is 23.7 Å². The Labute approximate surface area is 160 Å². The molecule has 0 radical (unpaired) electrons. The van der Waals surface area contributed by atoms with Gasteiger partial charge in [-0.1, -0.05) is 49.0 Å². The van der Waals surface area contributed by atoms with E-state index in [9.17, 15) is 14.5 Å². The second kappa shape index (κ2) is 11.9. The predicted molar refractivity (Wildman–Crippen MR) is 106 cm³/mol. The quantitative estimate of drug-likeness (QED) is 0.384. The minimum Gasteiger partial charge on any atom is -0.395 e. The van der Waals surface area contributed by atoms with Crippen molar-refractivity contribution in [1.29, 1.82) is 0 Å². The molecule has 1 atom stereocenters. The zero-order valence-electron chi connectivity index (χ0n) is 15.8. The van der Waals surface area contributed by atoms with Crippen LogP contribution in [0.2, 0.25) is 0 Å². The van der Waals surface area contributed by atoms with E-state index >= 15 is 0 Å². The monoisotopic (exact) mass is 403 g/mol. The smallest absolute Gasteiger partial charge is 0.295 e. The SMILES string of the molecule is CCCOCP(=O)(NCc1ccccc1)OCCSC(=O)C(C)(C)CO. The van der Waals surface area contributed by atoms with E-state index in [0.29, 0.717) is 18.9 Å². The normalized spacial score (nSPS) is 14.2. The predicted octanol–water partition coefficient (Wildman–Crippen LogP) is 3.65. The van der Waals surface area contributed by atoms with Crippen molar-refractivity contribution in [1.82, 2.24) is 5.09 Å². The summed E-state index contributed by atoms with van der Waals surface area (Å²) in [5.74, 6) is 0.368. The van der Waals surface area contributed by atoms with Gasteiger partial charge in [-0.3, -0.25) is 9.36 Å². The van der Waals surface area contributed by atoms with Crippen molar-refractivity contribution >= 4 is 24.4 Å². The highest BCUT2D eigenvalue weighted by molar-refractivity contribution is 8.13. The van der Waals surface area contributed by atoms with Crippen LogP contribution in [-0.4, -0.2) is 42.1 Å². The van der Waals surface area contributed by atoms with Gasteiger partial charge in [-0.05, 0) is 25.8 Å². The average Bonchev–Trinajstić information content (AvgIpc) is 2.64. The van der Waals surface area contributed by atoms with Crippen molar-refractivity contribution in [3.05, 3.63) is 35.9 Å². The fourth-order valence-electron chi connectivity index (χ4n) is 1.84. The Morgan fingerprint density at radius 1 is 1.27 bits per heavy atom. The van der Waals surface area contributed by atoms with E-state index in [4.69, 9.17) is 9.26 Å². The lowest BCUT2D eigenvalue weighted by molar-refractivity contribution is -0.119. The Hall–Kier alpha value is -0.690. The first kappa shape index (κ1) is 23.3. The van der Waals surface area contributed by atoms with E-state index in [1.54, 1.807) is 13.8 Å². The second-order valence-electron chi connectivity index (χ2n) is 6.54. The number of rotatable bonds is 13. The molecule has 0 aliphatic rings. The van der Waals surface area contributed by atoms with Gasteiger partial charge in [0.1, 0.15) is 6.35 Å². The van der Waals surface area contributed by atoms with Gasteiger partial charge in [-0.15, -0.1) is 0 Å². The third kappa shape index (κ3) is 8.80. The van der Waals surface area contributed by atoms with E-state index in [1.807, 2.05) is 37.3 Å². The molecule has 1 rings (SSSR count). The van der Waals surface area contributed by atoms with Gasteiger partial charge in [0, 0.05) is 18.9 Å². The van der Waals surface area contributed by atoms with Crippen LogP contribution in [0.1, 0.15) is 32.8 Å². The third-order valence-corrected chi connectivity index (χ3v) is 6.49. The fraction of sp³-hybridized carbons (Fsp3) is 0.611. The van der Waals surface area contributed by atoms with Gasteiger partial charge in [0.05, 0.1) is 18.6 Å². The van der Waals surface area contributed by atoms with Crippen molar-refractivity contribution in [2.75, 3.05) is 31.9 Å². The molecule has 0 aliphatic carbocycles. The first-order valence-corrected chi connectivity index (χ1v) is 11.5. The molecule has 0 saturated heterocycles. The zero-order chi connectivity index (χ0) is 19.5. The maximum Gasteiger partial charge on any atom is 0.295 e. The van der Waals surface area contributed by atoms with Crippen LogP contribution in [0, 0.1) is 5.41 Å². The van der Waals surface area contributed by atoms with Gasteiger partial charge in [0.15, 0.2) is 5.12 Å². The molecule has 6 nitrogen and oxygen atoms in total. The molecule has 148 valence electrons. The summed E-state index contributed by atoms with van der Waals surface area (Å²) in [6, 6.07) is 9.64. The molecule has 0 aromatic heterocycles. The number of hydrogen-bond acceptors (Lipinski definition) is 6. The summed E-state index contributed by atoms with van der Waals surface area (Å²) >= 11 is 1.08. The van der Waals surface area contributed by atoms with Crippen LogP contribution in [0.3, 0.4) is 0 Å². The van der Waals surface area contributed by atoms with Crippen molar-refractivity contribution < 1.29 is 23.7 Å². The summed E-state index contributed by atoms with van der Waals surface area (Å²) in [6.45, 7) is 6.24. The number of hydrogen-bond donors (Lipinski definition) is 2. The average molecular weight is 403 g/mol. The van der Waals surface area contributed by atoms with Crippen LogP contribution >= 0.6 is 19.3 Å². The van der Waals surface area contributed by atoms with Crippen molar-refractivity contribution in [3.63, 3.8) is 0 Å². The molecular formula is C18H30NO5PS. The van der Waals surface area contributed by atoms with Crippen LogP contribution in [0.4, 0.5) is 0 Å². The van der Waals surface area contributed by atoms with Gasteiger partial charge in [-0.25, -0.2) is 5.09 Å². The molecule has 1 aromatic carbocycles. The molecule has 1 aromatic rings. The van der Waals surface area contributed by atoms with E-state index in [-0.39, 0.29) is 24.7 Å². The van der Waals surface area contributed by atoms with Crippen molar-refractivity contribution in [3.8, 4) is 0 Å². The molecule has 0 spiro atoms. The Morgan fingerprint density at radius 3 is 2.58 bits per heavy atom. The number of nitrogens with one attached hydrogen (secondary N) is 1. The molecule has 0 bridgehead atoms. The summed E-state index contributed by atoms with van der Waals surface area (Å²) in [4.78, 5) is 12.0. The number of aliphatic hydroxyl groups is 1. The molecule has 8 heteroatoms. The highest BCUT2D eigenvalue weighted by atomic mass is 32.2. The summed E-state index contributed by atoms with van der Waals surface area (Å²) in [6.07, 6.45) is 0.827. The molecule has 2 N–H and O–H groups in total. The molecule has 0 heterocycles. The lowest BCUT2D eigenvalue weighted by atomic mass is 9.97. The highest BCUT2D eigenvalue weighted by Gasteiger charge is 2.27. The lowest BCUT2D eigenvalue weighted by Crippen LogP contribution is -2.26. The number of benzene rings is 1. The molecule has 0 fully saturated rings. The van der Waals surface area contributed by atoms with Crippen LogP contribution < -0.4 is 5.09 Å². The van der Waals surface area contributed by atoms with Gasteiger partial charge in [0.25, 0.3) is 7.52 Å². The number of thioether (sulfide) groups is 1. The summed E-state index contributed by atoms with van der Waals surface area (Å²) in [7, 11) is -3.17. The first-order valence-electron chi connectivity index (χ1n) is 8.71. The second-order valence-corrected chi connectivity index (χ2v) is 9.79. The van der Waals surface area contributed by atoms with E-state index in [2.05, 4.69) is 5.09 Å². The maximum atomic E-state index is 13.0. The number of aliphatic hydroxyl groups excluding tert-OH is 1. The van der Waals surface area contributed by atoms with Crippen molar-refractivity contribution in [2.24, 2.45) is 5.41 Å². The lowest BCUT2D eigenvalue weighted by Gasteiger charge is -2.21. The molecular weight excluding hydrogens is 373 g/mol. The summed E-state index contributed by atoms with van der Waals surface area (Å²) in [5.41, 5.74) is 0.213. The van der Waals surface area contributed by atoms with Crippen LogP contribution in [0.15, 0.2) is 30.3 Å². The molecule has 0 aliphatic heterocycles. The highest BCUT2D eigenvalue weighted by Crippen LogP contribution is 2.42. The zero-order valence-corrected chi connectivity index (χ0v) is 17.5. The van der Waals surface area contributed by atoms with Gasteiger partial charge in [-0.2, -0.15) is 0 Å². The summed E-state index contributed by atoms with van der Waals surface area (Å²) < 4.78 is 24.0. The van der Waals surface area contributed by atoms with Gasteiger partial charge in [0.2, 0.25) is 0 Å². The Kier molecular flexibility index (Phi) is 10.7. The number of carbonyl (C=O) groups is 1. The van der Waals surface area contributed by atoms with Crippen LogP contribution in [0.5, 0.6) is 0 Å². The standard InChI is InChI=1S/C18H30NO5PS/c1-4-10-23-15-25(22,19-13-16-8-6-5-7-9-16)24-11-12-26-17(21)18(2,3)14-20/h5-9,20H,4,10-15H2,1-3H3,(H,19,22). The van der Waals surface area contributed by atoms with E-state index in [1.165, 1.54) is 0 Å². The Morgan fingerprint density at radius 2 is 1.96 bits per heavy atom.